The number of hydrogen-bond acceptors (Lipinski definition) is 3. The van der Waals surface area contributed by atoms with Crippen molar-refractivity contribution in [1.29, 1.82) is 0 Å². The van der Waals surface area contributed by atoms with E-state index in [0.29, 0.717) is 30.8 Å². The highest BCUT2D eigenvalue weighted by Crippen LogP contribution is 2.46. The lowest BCUT2D eigenvalue weighted by molar-refractivity contribution is -0.132. The van der Waals surface area contributed by atoms with Crippen molar-refractivity contribution in [3.05, 3.63) is 29.3 Å². The van der Waals surface area contributed by atoms with Gasteiger partial charge >= 0.3 is 0 Å². The molecular weight excluding hydrogens is 480 g/mol. The van der Waals surface area contributed by atoms with Gasteiger partial charge in [0.15, 0.2) is 0 Å². The molecule has 2 fully saturated rings. The summed E-state index contributed by atoms with van der Waals surface area (Å²) in [5.74, 6) is 1.67. The van der Waals surface area contributed by atoms with Crippen LogP contribution in [0.1, 0.15) is 167 Å². The SMILES string of the molecule is CCCCC1CCCCC1(CCCC)OCc1cccc(O)c1COC1(CCCC)CCCCC1CCCC. The molecule has 3 nitrogen and oxygen atoms in total. The van der Waals surface area contributed by atoms with E-state index in [1.165, 1.54) is 122 Å². The Morgan fingerprint density at radius 3 is 1.72 bits per heavy atom. The molecule has 0 heterocycles. The lowest BCUT2D eigenvalue weighted by atomic mass is 9.70. The number of benzene rings is 1. The van der Waals surface area contributed by atoms with Gasteiger partial charge in [-0.25, -0.2) is 0 Å². The van der Waals surface area contributed by atoms with Gasteiger partial charge in [0.25, 0.3) is 0 Å². The van der Waals surface area contributed by atoms with Crippen molar-refractivity contribution in [2.45, 2.75) is 181 Å². The van der Waals surface area contributed by atoms with Crippen molar-refractivity contribution >= 4 is 0 Å². The number of phenols is 1. The van der Waals surface area contributed by atoms with Crippen molar-refractivity contribution in [1.82, 2.24) is 0 Å². The van der Waals surface area contributed by atoms with E-state index in [1.807, 2.05) is 12.1 Å². The summed E-state index contributed by atoms with van der Waals surface area (Å²) in [5.41, 5.74) is 2.03. The monoisotopic (exact) mass is 542 g/mol. The van der Waals surface area contributed by atoms with Crippen LogP contribution in [0.25, 0.3) is 0 Å². The van der Waals surface area contributed by atoms with Crippen LogP contribution in [0, 0.1) is 11.8 Å². The highest BCUT2D eigenvalue weighted by molar-refractivity contribution is 5.38. The Morgan fingerprint density at radius 1 is 0.692 bits per heavy atom. The van der Waals surface area contributed by atoms with Crippen LogP contribution in [0.4, 0.5) is 0 Å². The van der Waals surface area contributed by atoms with Gasteiger partial charge in [-0.3, -0.25) is 0 Å². The summed E-state index contributed by atoms with van der Waals surface area (Å²) in [6, 6.07) is 6.00. The molecule has 0 aliphatic heterocycles. The van der Waals surface area contributed by atoms with Crippen molar-refractivity contribution in [2.75, 3.05) is 0 Å². The van der Waals surface area contributed by atoms with Crippen LogP contribution in [-0.4, -0.2) is 16.3 Å². The van der Waals surface area contributed by atoms with E-state index in [1.54, 1.807) is 0 Å². The summed E-state index contributed by atoms with van der Waals surface area (Å²) >= 11 is 0. The van der Waals surface area contributed by atoms with E-state index in [-0.39, 0.29) is 11.2 Å². The highest BCUT2D eigenvalue weighted by atomic mass is 16.5. The molecule has 2 aliphatic carbocycles. The minimum Gasteiger partial charge on any atom is -0.508 e. The molecule has 1 aromatic rings. The average Bonchev–Trinajstić information content (AvgIpc) is 2.96. The van der Waals surface area contributed by atoms with Gasteiger partial charge in [-0.1, -0.05) is 117 Å². The van der Waals surface area contributed by atoms with Crippen LogP contribution in [0.15, 0.2) is 18.2 Å². The second-order valence-corrected chi connectivity index (χ2v) is 13.0. The van der Waals surface area contributed by atoms with Crippen molar-refractivity contribution in [3.63, 3.8) is 0 Å². The topological polar surface area (TPSA) is 38.7 Å². The van der Waals surface area contributed by atoms with E-state index >= 15 is 0 Å². The van der Waals surface area contributed by atoms with Gasteiger partial charge in [0.05, 0.1) is 24.4 Å². The van der Waals surface area contributed by atoms with Gasteiger partial charge in [0.1, 0.15) is 5.75 Å². The van der Waals surface area contributed by atoms with Gasteiger partial charge in [-0.05, 0) is 74.8 Å². The maximum atomic E-state index is 11.1. The van der Waals surface area contributed by atoms with Gasteiger partial charge in [0.2, 0.25) is 0 Å². The minimum atomic E-state index is -0.0409. The summed E-state index contributed by atoms with van der Waals surface area (Å²) in [6.45, 7) is 10.3. The summed E-state index contributed by atoms with van der Waals surface area (Å²) < 4.78 is 14.1. The van der Waals surface area contributed by atoms with E-state index in [4.69, 9.17) is 9.47 Å². The van der Waals surface area contributed by atoms with E-state index < -0.39 is 0 Å². The van der Waals surface area contributed by atoms with Gasteiger partial charge in [0, 0.05) is 5.56 Å². The molecule has 39 heavy (non-hydrogen) atoms. The molecule has 2 saturated carbocycles. The molecule has 0 aromatic heterocycles. The second kappa shape index (κ2) is 17.0. The Kier molecular flexibility index (Phi) is 14.2. The Balaban J connectivity index is 1.80. The highest BCUT2D eigenvalue weighted by Gasteiger charge is 2.42. The summed E-state index contributed by atoms with van der Waals surface area (Å²) in [6.07, 6.45) is 25.0. The summed E-state index contributed by atoms with van der Waals surface area (Å²) in [4.78, 5) is 0. The molecule has 224 valence electrons. The first kappa shape index (κ1) is 32.5. The molecule has 0 amide bonds. The predicted molar refractivity (Wildman–Crippen MR) is 165 cm³/mol. The molecular formula is C36H62O3. The fraction of sp³-hybridized carbons (Fsp3) is 0.833. The molecule has 3 heteroatoms. The molecule has 4 atom stereocenters. The number of hydrogen-bond donors (Lipinski definition) is 1. The second-order valence-electron chi connectivity index (χ2n) is 13.0. The van der Waals surface area contributed by atoms with Crippen LogP contribution in [0.2, 0.25) is 0 Å². The lowest BCUT2D eigenvalue weighted by Gasteiger charge is -2.45. The zero-order chi connectivity index (χ0) is 28.0. The summed E-state index contributed by atoms with van der Waals surface area (Å²) in [5, 5.41) is 11.1. The van der Waals surface area contributed by atoms with Crippen molar-refractivity contribution in [3.8, 4) is 5.75 Å². The fourth-order valence-corrected chi connectivity index (χ4v) is 7.78. The number of phenolic OH excluding ortho intramolecular Hbond substituents is 1. The van der Waals surface area contributed by atoms with E-state index in [2.05, 4.69) is 33.8 Å². The van der Waals surface area contributed by atoms with E-state index in [9.17, 15) is 5.11 Å². The molecule has 3 rings (SSSR count). The zero-order valence-electron chi connectivity index (χ0n) is 26.2. The van der Waals surface area contributed by atoms with Crippen LogP contribution in [-0.2, 0) is 22.7 Å². The van der Waals surface area contributed by atoms with Crippen LogP contribution >= 0.6 is 0 Å². The third kappa shape index (κ3) is 8.96. The largest absolute Gasteiger partial charge is 0.508 e. The van der Waals surface area contributed by atoms with Crippen molar-refractivity contribution < 1.29 is 14.6 Å². The first-order chi connectivity index (χ1) is 19.0. The first-order valence-corrected chi connectivity index (χ1v) is 17.1. The third-order valence-electron chi connectivity index (χ3n) is 10.3. The minimum absolute atomic E-state index is 0.00994. The molecule has 0 bridgehead atoms. The quantitative estimate of drug-likeness (QED) is 0.200. The number of aromatic hydroxyl groups is 1. The molecule has 1 aromatic carbocycles. The van der Waals surface area contributed by atoms with Gasteiger partial charge < -0.3 is 14.6 Å². The van der Waals surface area contributed by atoms with Gasteiger partial charge in [-0.2, -0.15) is 0 Å². The number of ether oxygens (including phenoxy) is 2. The molecule has 4 unspecified atom stereocenters. The van der Waals surface area contributed by atoms with Crippen LogP contribution in [0.3, 0.4) is 0 Å². The average molecular weight is 543 g/mol. The molecule has 1 N–H and O–H groups in total. The molecule has 2 aliphatic rings. The van der Waals surface area contributed by atoms with Gasteiger partial charge in [-0.15, -0.1) is 0 Å². The number of rotatable bonds is 18. The van der Waals surface area contributed by atoms with E-state index in [0.717, 1.165) is 17.5 Å². The Bertz CT molecular complexity index is 806. The number of unbranched alkanes of at least 4 members (excludes halogenated alkanes) is 4. The molecule has 0 saturated heterocycles. The maximum Gasteiger partial charge on any atom is 0.121 e. The van der Waals surface area contributed by atoms with Crippen LogP contribution in [0.5, 0.6) is 5.75 Å². The first-order valence-electron chi connectivity index (χ1n) is 17.1. The zero-order valence-corrected chi connectivity index (χ0v) is 26.2. The lowest BCUT2D eigenvalue weighted by Crippen LogP contribution is -2.44. The third-order valence-corrected chi connectivity index (χ3v) is 10.3. The van der Waals surface area contributed by atoms with Crippen LogP contribution < -0.4 is 0 Å². The normalized spacial score (nSPS) is 27.6. The predicted octanol–water partition coefficient (Wildman–Crippen LogP) is 11.0. The Labute approximate surface area is 241 Å². The Hall–Kier alpha value is -1.06. The molecule has 0 spiro atoms. The molecule has 0 radical (unpaired) electrons. The maximum absolute atomic E-state index is 11.1. The standard InChI is InChI=1S/C36H62O3/c1-5-9-19-31-21-13-15-26-35(31,24-11-7-3)38-28-30-18-17-23-34(37)33(30)29-39-36(25-12-8-4)27-16-14-22-32(36)20-10-6-2/h17-18,23,31-32,37H,5-16,19-22,24-29H2,1-4H3. The Morgan fingerprint density at radius 2 is 1.21 bits per heavy atom. The van der Waals surface area contributed by atoms with Crippen molar-refractivity contribution in [2.24, 2.45) is 11.8 Å². The fourth-order valence-electron chi connectivity index (χ4n) is 7.78. The summed E-state index contributed by atoms with van der Waals surface area (Å²) in [7, 11) is 0. The smallest absolute Gasteiger partial charge is 0.121 e.